The van der Waals surface area contributed by atoms with Gasteiger partial charge in [0.05, 0.1) is 0 Å². The highest BCUT2D eigenvalue weighted by atomic mass is 35.8. The van der Waals surface area contributed by atoms with Crippen molar-refractivity contribution in [2.45, 2.75) is 248 Å². The summed E-state index contributed by atoms with van der Waals surface area (Å²) in [5.41, 5.74) is -5.09. The fourth-order valence-corrected chi connectivity index (χ4v) is 12.9. The highest BCUT2D eigenvalue weighted by Crippen LogP contribution is 2.55. The highest BCUT2D eigenvalue weighted by Gasteiger charge is 2.78. The molecule has 0 aromatic rings. The van der Waals surface area contributed by atoms with Crippen LogP contribution in [0, 0.1) is 0 Å². The van der Waals surface area contributed by atoms with Crippen LogP contribution >= 0.6 is 33.2 Å². The van der Waals surface area contributed by atoms with Crippen molar-refractivity contribution < 1.29 is 43.9 Å². The zero-order chi connectivity index (χ0) is 41.2. The molecule has 0 rings (SSSR count). The summed E-state index contributed by atoms with van der Waals surface area (Å²) in [6.07, 6.45) is 10.7. The van der Waals surface area contributed by atoms with Crippen LogP contribution in [0.15, 0.2) is 0 Å². The Labute approximate surface area is 337 Å². The van der Waals surface area contributed by atoms with E-state index in [1.54, 1.807) is 0 Å². The topological polar surface area (TPSA) is 0 Å². The average Bonchev–Trinajstić information content (AvgIpc) is 3.07. The summed E-state index contributed by atoms with van der Waals surface area (Å²) in [7, 11) is -4.43. The first kappa shape index (κ1) is 54.6. The Morgan fingerprint density at radius 3 is 1.09 bits per heavy atom. The first-order valence-electron chi connectivity index (χ1n) is 21.1. The molecular weight excluding hydrogens is 821 g/mol. The molecule has 0 fully saturated rings. The lowest BCUT2D eigenvalue weighted by atomic mass is 10.0. The number of alkyl halides is 10. The van der Waals surface area contributed by atoms with Gasteiger partial charge in [0.15, 0.2) is 6.17 Å². The van der Waals surface area contributed by atoms with Gasteiger partial charge in [0.1, 0.15) is 8.07 Å². The van der Waals surface area contributed by atoms with Gasteiger partial charge < -0.3 is 0 Å². The van der Waals surface area contributed by atoms with E-state index in [4.69, 9.17) is 33.2 Å². The third-order valence-electron chi connectivity index (χ3n) is 10.9. The molecule has 0 aliphatic carbocycles. The molecule has 0 nitrogen and oxygen atoms in total. The van der Waals surface area contributed by atoms with Gasteiger partial charge in [-0.05, 0) is 18.9 Å². The zero-order valence-electron chi connectivity index (χ0n) is 33.1. The lowest BCUT2D eigenvalue weighted by Gasteiger charge is -2.43. The van der Waals surface area contributed by atoms with Crippen LogP contribution in [-0.4, -0.2) is 43.8 Å². The minimum absolute atomic E-state index is 0.190. The van der Waals surface area contributed by atoms with Crippen LogP contribution in [0.4, 0.5) is 43.9 Å². The van der Waals surface area contributed by atoms with Crippen molar-refractivity contribution in [3.63, 3.8) is 0 Å². The number of halogens is 13. The first-order chi connectivity index (χ1) is 25.1. The molecule has 0 aliphatic heterocycles. The van der Waals surface area contributed by atoms with E-state index < -0.39 is 69.5 Å². The van der Waals surface area contributed by atoms with Gasteiger partial charge in [-0.1, -0.05) is 193 Å². The second kappa shape index (κ2) is 28.9. The van der Waals surface area contributed by atoms with E-state index in [1.807, 2.05) is 0 Å². The van der Waals surface area contributed by atoms with Gasteiger partial charge in [-0.2, -0.15) is 30.7 Å². The molecule has 0 aromatic carbocycles. The summed E-state index contributed by atoms with van der Waals surface area (Å²) < 4.78 is 144. The molecule has 0 spiro atoms. The maximum atomic E-state index is 15.9. The lowest BCUT2D eigenvalue weighted by Crippen LogP contribution is -2.68. The van der Waals surface area contributed by atoms with Gasteiger partial charge in [-0.25, -0.2) is 13.2 Å². The van der Waals surface area contributed by atoms with Gasteiger partial charge in [-0.3, -0.25) is 0 Å². The largest absolute Gasteiger partial charge is 0.389 e. The second-order valence-corrected chi connectivity index (χ2v) is 30.0. The molecule has 2 unspecified atom stereocenters. The molecule has 0 bridgehead atoms. The van der Waals surface area contributed by atoms with Gasteiger partial charge >= 0.3 is 24.0 Å². The number of unbranched alkanes of at least 4 members (excludes halogenated alkanes) is 24. The van der Waals surface area contributed by atoms with E-state index in [2.05, 4.69) is 6.92 Å². The third kappa shape index (κ3) is 23.9. The molecule has 0 saturated carbocycles. The van der Waals surface area contributed by atoms with Crippen LogP contribution in [0.25, 0.3) is 0 Å². The average molecular weight is 893 g/mol. The molecule has 0 radical (unpaired) electrons. The molecular formula is C39H71Cl3F10Si2. The molecule has 15 heteroatoms. The van der Waals surface area contributed by atoms with Crippen molar-refractivity contribution in [2.24, 2.45) is 0 Å². The smallest absolute Gasteiger partial charge is 0.241 e. The van der Waals surface area contributed by atoms with E-state index in [0.717, 1.165) is 70.8 Å². The third-order valence-corrected chi connectivity index (χ3v) is 18.3. The van der Waals surface area contributed by atoms with Crippen molar-refractivity contribution in [3.8, 4) is 0 Å². The number of rotatable bonds is 37. The predicted octanol–water partition coefficient (Wildman–Crippen LogP) is 18.4. The molecule has 326 valence electrons. The monoisotopic (exact) mass is 890 g/mol. The fourth-order valence-electron chi connectivity index (χ4n) is 7.20. The second-order valence-electron chi connectivity index (χ2n) is 16.0. The maximum absolute atomic E-state index is 15.9. The Hall–Kier alpha value is 0.604. The van der Waals surface area contributed by atoms with Crippen molar-refractivity contribution in [1.29, 1.82) is 0 Å². The Morgan fingerprint density at radius 1 is 0.444 bits per heavy atom. The molecule has 54 heavy (non-hydrogen) atoms. The quantitative estimate of drug-likeness (QED) is 0.0252. The normalized spacial score (nSPS) is 15.2. The van der Waals surface area contributed by atoms with E-state index in [9.17, 15) is 26.3 Å². The zero-order valence-corrected chi connectivity index (χ0v) is 37.4. The summed E-state index contributed by atoms with van der Waals surface area (Å²) in [6.45, 7) is 3.26. The minimum atomic E-state index is -5.93. The molecule has 0 N–H and O–H groups in total. The van der Waals surface area contributed by atoms with E-state index in [1.165, 1.54) is 57.8 Å². The molecule has 0 aliphatic rings. The highest BCUT2D eigenvalue weighted by molar-refractivity contribution is 7.64. The Bertz CT molecular complexity index is 907. The summed E-state index contributed by atoms with van der Waals surface area (Å²) >= 11 is 17.7. The Balaban J connectivity index is 5.08. The molecule has 0 saturated heterocycles. The summed E-state index contributed by atoms with van der Waals surface area (Å²) in [4.78, 5) is 0. The van der Waals surface area contributed by atoms with E-state index >= 15 is 17.6 Å². The fraction of sp³-hybridized carbons (Fsp3) is 1.00. The number of hydrogen-bond donors (Lipinski definition) is 0. The van der Waals surface area contributed by atoms with Crippen molar-refractivity contribution in [2.75, 3.05) is 0 Å². The van der Waals surface area contributed by atoms with Gasteiger partial charge in [0.2, 0.25) is 0 Å². The summed E-state index contributed by atoms with van der Waals surface area (Å²) in [6, 6.07) is -2.64. The van der Waals surface area contributed by atoms with Gasteiger partial charge in [0, 0.05) is 6.42 Å². The predicted molar refractivity (Wildman–Crippen MR) is 215 cm³/mol. The minimum Gasteiger partial charge on any atom is -0.241 e. The van der Waals surface area contributed by atoms with Crippen molar-refractivity contribution in [1.82, 2.24) is 0 Å². The van der Waals surface area contributed by atoms with Gasteiger partial charge in [-0.15, -0.1) is 33.2 Å². The summed E-state index contributed by atoms with van der Waals surface area (Å²) in [5, 5.41) is 0. The van der Waals surface area contributed by atoms with Gasteiger partial charge in [0.25, 0.3) is 5.55 Å². The Morgan fingerprint density at radius 2 is 0.759 bits per heavy atom. The molecule has 0 aromatic heterocycles. The molecule has 0 heterocycles. The van der Waals surface area contributed by atoms with Crippen LogP contribution in [0.1, 0.15) is 193 Å². The standard InChI is InChI=1S/C39H71Cl3F10Si2/c1-3-4-5-6-7-8-9-10-11-12-13-14-15-18-21-27-32-53(2,33-28-22-19-16-17-20-23-29-34-54(40,41)42)39(51,52)38(49,50)37(47,48)35(43)30-25-24-26-31-36(44,45)46/h35H,3-34H2,1-2H3. The van der Waals surface area contributed by atoms with E-state index in [-0.39, 0.29) is 31.4 Å². The van der Waals surface area contributed by atoms with Crippen LogP contribution in [0.3, 0.4) is 0 Å². The first-order valence-corrected chi connectivity index (χ1v) is 29.2. The van der Waals surface area contributed by atoms with Crippen LogP contribution < -0.4 is 0 Å². The van der Waals surface area contributed by atoms with Crippen molar-refractivity contribution in [3.05, 3.63) is 0 Å². The lowest BCUT2D eigenvalue weighted by molar-refractivity contribution is -0.303. The maximum Gasteiger partial charge on any atom is 0.389 e. The number of hydrogen-bond acceptors (Lipinski definition) is 0. The molecule has 2 atom stereocenters. The van der Waals surface area contributed by atoms with Crippen LogP contribution in [0.5, 0.6) is 0 Å². The van der Waals surface area contributed by atoms with Crippen molar-refractivity contribution >= 4 is 47.3 Å². The van der Waals surface area contributed by atoms with Crippen LogP contribution in [-0.2, 0) is 0 Å². The van der Waals surface area contributed by atoms with Crippen LogP contribution in [0.2, 0.25) is 24.7 Å². The Kier molecular flexibility index (Phi) is 29.3. The summed E-state index contributed by atoms with van der Waals surface area (Å²) in [5.74, 6) is -11.6. The molecule has 0 amide bonds. The SMILES string of the molecule is CCCCCCCCCCCCCCCCCC[Si](C)(CCCCCCCCCC[Si](Cl)(Cl)Cl)C(F)(F)C(F)(F)C(F)(F)C(F)CCCCCC(F)(F)F. The van der Waals surface area contributed by atoms with E-state index in [0.29, 0.717) is 25.3 Å².